The molecule has 1 unspecified atom stereocenters. The van der Waals surface area contributed by atoms with Crippen molar-refractivity contribution in [3.05, 3.63) is 41.5 Å². The van der Waals surface area contributed by atoms with E-state index in [4.69, 9.17) is 4.74 Å². The first-order valence-electron chi connectivity index (χ1n) is 8.19. The van der Waals surface area contributed by atoms with Crippen LogP contribution in [-0.4, -0.2) is 19.1 Å². The lowest BCUT2D eigenvalue weighted by molar-refractivity contribution is -0.117. The maximum Gasteiger partial charge on any atom is 0.244 e. The lowest BCUT2D eigenvalue weighted by Crippen LogP contribution is -2.33. The molecule has 0 bridgehead atoms. The van der Waals surface area contributed by atoms with Gasteiger partial charge in [-0.1, -0.05) is 24.6 Å². The summed E-state index contributed by atoms with van der Waals surface area (Å²) in [6.45, 7) is 4.33. The van der Waals surface area contributed by atoms with Gasteiger partial charge >= 0.3 is 0 Å². The first-order chi connectivity index (χ1) is 10.6. The minimum Gasteiger partial charge on any atom is -0.497 e. The lowest BCUT2D eigenvalue weighted by Gasteiger charge is -2.20. The highest BCUT2D eigenvalue weighted by atomic mass is 16.5. The number of benzene rings is 1. The first-order valence-corrected chi connectivity index (χ1v) is 8.19. The Hall–Kier alpha value is -1.77. The Morgan fingerprint density at radius 3 is 2.82 bits per heavy atom. The predicted molar refractivity (Wildman–Crippen MR) is 90.0 cm³/mol. The number of hydrogen-bond donors (Lipinski definition) is 1. The molecule has 0 spiro atoms. The van der Waals surface area contributed by atoms with Crippen molar-refractivity contribution in [2.24, 2.45) is 5.92 Å². The largest absolute Gasteiger partial charge is 0.497 e. The molecule has 0 radical (unpaired) electrons. The molecule has 1 atom stereocenters. The standard InChI is InChI=1S/C19H27NO2/c1-14-7-9-16(10-8-14)13-19(21)20-15(2)11-17-5-4-6-18(12-17)22-3/h4-6,12-15H,7-11H2,1-3H3,(H,20,21). The summed E-state index contributed by atoms with van der Waals surface area (Å²) in [5.74, 6) is 1.70. The van der Waals surface area contributed by atoms with E-state index in [0.29, 0.717) is 0 Å². The van der Waals surface area contributed by atoms with Crippen LogP contribution in [0.2, 0.25) is 0 Å². The second-order valence-electron chi connectivity index (χ2n) is 6.45. The summed E-state index contributed by atoms with van der Waals surface area (Å²) in [5, 5.41) is 3.07. The van der Waals surface area contributed by atoms with E-state index in [2.05, 4.69) is 18.3 Å². The Kier molecular flexibility index (Phi) is 6.05. The van der Waals surface area contributed by atoms with Crippen LogP contribution in [0.3, 0.4) is 0 Å². The zero-order chi connectivity index (χ0) is 15.9. The Bertz CT molecular complexity index is 526. The third-order valence-electron chi connectivity index (χ3n) is 4.32. The average Bonchev–Trinajstić information content (AvgIpc) is 2.49. The third kappa shape index (κ3) is 5.21. The molecule has 22 heavy (non-hydrogen) atoms. The third-order valence-corrected chi connectivity index (χ3v) is 4.32. The highest BCUT2D eigenvalue weighted by Gasteiger charge is 2.14. The van der Waals surface area contributed by atoms with Gasteiger partial charge in [-0.15, -0.1) is 0 Å². The number of amides is 1. The average molecular weight is 301 g/mol. The summed E-state index contributed by atoms with van der Waals surface area (Å²) < 4.78 is 5.23. The van der Waals surface area contributed by atoms with Gasteiger partial charge in [0.1, 0.15) is 5.75 Å². The molecule has 3 heteroatoms. The Balaban J connectivity index is 1.84. The number of hydrogen-bond acceptors (Lipinski definition) is 2. The lowest BCUT2D eigenvalue weighted by atomic mass is 9.87. The normalized spacial score (nSPS) is 19.4. The van der Waals surface area contributed by atoms with Crippen LogP contribution in [0.1, 0.15) is 45.1 Å². The Morgan fingerprint density at radius 1 is 1.41 bits per heavy atom. The number of carbonyl (C=O) groups excluding carboxylic acids is 1. The van der Waals surface area contributed by atoms with E-state index in [1.165, 1.54) is 24.0 Å². The van der Waals surface area contributed by atoms with Crippen molar-refractivity contribution < 1.29 is 9.53 Å². The van der Waals surface area contributed by atoms with Crippen LogP contribution >= 0.6 is 0 Å². The summed E-state index contributed by atoms with van der Waals surface area (Å²) in [5.41, 5.74) is 2.47. The fourth-order valence-electron chi connectivity index (χ4n) is 2.95. The van der Waals surface area contributed by atoms with Gasteiger partial charge in [0.2, 0.25) is 5.91 Å². The van der Waals surface area contributed by atoms with Crippen LogP contribution in [0, 0.1) is 5.92 Å². The Morgan fingerprint density at radius 2 is 2.14 bits per heavy atom. The van der Waals surface area contributed by atoms with Crippen LogP contribution in [0.5, 0.6) is 5.75 Å². The molecule has 2 rings (SSSR count). The molecule has 1 saturated carbocycles. The maximum absolute atomic E-state index is 12.1. The highest BCUT2D eigenvalue weighted by Crippen LogP contribution is 2.27. The van der Waals surface area contributed by atoms with Gasteiger partial charge in [0.15, 0.2) is 0 Å². The molecule has 1 fully saturated rings. The molecule has 0 heterocycles. The SMILES string of the molecule is COc1cccc(CC(C)NC(=O)C=C2CCC(C)CC2)c1. The molecule has 0 aromatic heterocycles. The molecule has 1 aliphatic rings. The molecule has 120 valence electrons. The van der Waals surface area contributed by atoms with E-state index in [-0.39, 0.29) is 11.9 Å². The van der Waals surface area contributed by atoms with Gasteiger partial charge in [0.25, 0.3) is 0 Å². The van der Waals surface area contributed by atoms with E-state index in [1.807, 2.05) is 31.2 Å². The van der Waals surface area contributed by atoms with Crippen LogP contribution in [-0.2, 0) is 11.2 Å². The van der Waals surface area contributed by atoms with Crippen LogP contribution in [0.25, 0.3) is 0 Å². The van der Waals surface area contributed by atoms with Gasteiger partial charge in [0, 0.05) is 12.1 Å². The molecule has 1 aliphatic carbocycles. The molecular weight excluding hydrogens is 274 g/mol. The topological polar surface area (TPSA) is 38.3 Å². The molecule has 1 N–H and O–H groups in total. The van der Waals surface area contributed by atoms with Gasteiger partial charge in [-0.05, 0) is 62.6 Å². The van der Waals surface area contributed by atoms with Crippen molar-refractivity contribution >= 4 is 5.91 Å². The molecule has 3 nitrogen and oxygen atoms in total. The molecule has 1 aromatic carbocycles. The van der Waals surface area contributed by atoms with E-state index in [1.54, 1.807) is 7.11 Å². The van der Waals surface area contributed by atoms with Crippen LogP contribution in [0.15, 0.2) is 35.9 Å². The molecular formula is C19H27NO2. The van der Waals surface area contributed by atoms with E-state index < -0.39 is 0 Å². The number of carbonyl (C=O) groups is 1. The number of allylic oxidation sites excluding steroid dienone is 1. The van der Waals surface area contributed by atoms with Gasteiger partial charge < -0.3 is 10.1 Å². The van der Waals surface area contributed by atoms with Gasteiger partial charge in [0.05, 0.1) is 7.11 Å². The van der Waals surface area contributed by atoms with Gasteiger partial charge in [-0.3, -0.25) is 4.79 Å². The van der Waals surface area contributed by atoms with E-state index >= 15 is 0 Å². The van der Waals surface area contributed by atoms with Crippen molar-refractivity contribution in [2.45, 2.75) is 52.0 Å². The quantitative estimate of drug-likeness (QED) is 0.838. The van der Waals surface area contributed by atoms with E-state index in [9.17, 15) is 4.79 Å². The second-order valence-corrected chi connectivity index (χ2v) is 6.45. The van der Waals surface area contributed by atoms with Crippen LogP contribution in [0.4, 0.5) is 0 Å². The molecule has 1 amide bonds. The van der Waals surface area contributed by atoms with Crippen LogP contribution < -0.4 is 10.1 Å². The van der Waals surface area contributed by atoms with Crippen molar-refractivity contribution in [1.29, 1.82) is 0 Å². The summed E-state index contributed by atoms with van der Waals surface area (Å²) in [6.07, 6.45) is 7.17. The number of nitrogens with one attached hydrogen (secondary N) is 1. The summed E-state index contributed by atoms with van der Waals surface area (Å²) >= 11 is 0. The van der Waals surface area contributed by atoms with E-state index in [0.717, 1.165) is 30.9 Å². The molecule has 0 aliphatic heterocycles. The van der Waals surface area contributed by atoms with Gasteiger partial charge in [-0.2, -0.15) is 0 Å². The fourth-order valence-corrected chi connectivity index (χ4v) is 2.95. The number of ether oxygens (including phenoxy) is 1. The van der Waals surface area contributed by atoms with Gasteiger partial charge in [-0.25, -0.2) is 0 Å². The predicted octanol–water partition coefficient (Wildman–Crippen LogP) is 3.88. The summed E-state index contributed by atoms with van der Waals surface area (Å²) in [7, 11) is 1.67. The van der Waals surface area contributed by atoms with Crippen molar-refractivity contribution in [3.8, 4) is 5.75 Å². The molecule has 1 aromatic rings. The minimum atomic E-state index is 0.0416. The summed E-state index contributed by atoms with van der Waals surface area (Å²) in [6, 6.07) is 8.10. The summed E-state index contributed by atoms with van der Waals surface area (Å²) in [4.78, 5) is 12.1. The van der Waals surface area contributed by atoms with Crippen molar-refractivity contribution in [3.63, 3.8) is 0 Å². The highest BCUT2D eigenvalue weighted by molar-refractivity contribution is 5.88. The van der Waals surface area contributed by atoms with Crippen molar-refractivity contribution in [2.75, 3.05) is 7.11 Å². The zero-order valence-electron chi connectivity index (χ0n) is 13.9. The Labute approximate surface area is 133 Å². The first kappa shape index (κ1) is 16.6. The second kappa shape index (κ2) is 8.02. The molecule has 0 saturated heterocycles. The van der Waals surface area contributed by atoms with Crippen molar-refractivity contribution in [1.82, 2.24) is 5.32 Å². The zero-order valence-corrected chi connectivity index (χ0v) is 13.9. The maximum atomic E-state index is 12.1. The smallest absolute Gasteiger partial charge is 0.244 e. The minimum absolute atomic E-state index is 0.0416. The monoisotopic (exact) mass is 301 g/mol. The number of methoxy groups -OCH3 is 1. The fraction of sp³-hybridized carbons (Fsp3) is 0.526. The number of rotatable bonds is 5.